The van der Waals surface area contributed by atoms with Gasteiger partial charge in [-0.15, -0.1) is 0 Å². The Kier molecular flexibility index (Phi) is 41.2. The van der Waals surface area contributed by atoms with Gasteiger partial charge in [-0.05, 0) is 19.1 Å². The average Bonchev–Trinajstić information content (AvgIpc) is 2.26. The molecule has 0 saturated carbocycles. The number of carbonyl (C=O) groups excluding carboxylic acids is 1. The van der Waals surface area contributed by atoms with Crippen molar-refractivity contribution in [3.05, 3.63) is 0 Å². The molecule has 19 heavy (non-hydrogen) atoms. The Morgan fingerprint density at radius 3 is 1.32 bits per heavy atom. The Labute approximate surface area is 162 Å². The molecule has 4 nitrogen and oxygen atoms in total. The van der Waals surface area contributed by atoms with Gasteiger partial charge in [-0.3, -0.25) is 0 Å². The van der Waals surface area contributed by atoms with Gasteiger partial charge in [0.15, 0.2) is 0 Å². The molecule has 0 rings (SSSR count). The zero-order chi connectivity index (χ0) is 13.4. The van der Waals surface area contributed by atoms with Gasteiger partial charge in [-0.2, -0.15) is 0 Å². The van der Waals surface area contributed by atoms with Crippen molar-refractivity contribution in [2.24, 2.45) is 5.73 Å². The molecule has 0 fully saturated rings. The molecule has 0 aromatic carbocycles. The van der Waals surface area contributed by atoms with Gasteiger partial charge in [0.25, 0.3) is 0 Å². The molecule has 0 aliphatic carbocycles. The van der Waals surface area contributed by atoms with Crippen LogP contribution in [-0.2, 0) is 0 Å². The molecule has 0 heterocycles. The molecule has 2 N–H and O–H groups in total. The monoisotopic (exact) mass is 291 g/mol. The van der Waals surface area contributed by atoms with E-state index < -0.39 is 6.16 Å². The molecule has 0 radical (unpaired) electrons. The van der Waals surface area contributed by atoms with E-state index in [4.69, 9.17) is 20.7 Å². The van der Waals surface area contributed by atoms with E-state index in [9.17, 15) is 0 Å². The van der Waals surface area contributed by atoms with Crippen LogP contribution in [0.3, 0.4) is 0 Å². The van der Waals surface area contributed by atoms with Crippen LogP contribution in [-0.4, -0.2) is 12.7 Å². The Hall–Kier alpha value is 1.23. The summed E-state index contributed by atoms with van der Waals surface area (Å²) in [6.45, 7) is 3.14. The van der Waals surface area contributed by atoms with Gasteiger partial charge in [-0.1, -0.05) is 64.7 Å². The molecule has 0 aromatic heterocycles. The molecule has 0 aliphatic rings. The topological polar surface area (TPSA) is 89.2 Å². The van der Waals surface area contributed by atoms with E-state index in [-0.39, 0.29) is 59.1 Å². The largest absolute Gasteiger partial charge is 1.00 e. The number of unbranched alkanes of at least 4 members (excludes halogenated alkanes) is 9. The van der Waals surface area contributed by atoms with Gasteiger partial charge in [0.1, 0.15) is 0 Å². The summed E-state index contributed by atoms with van der Waals surface area (Å²) < 4.78 is 0. The molecule has 6 heteroatoms. The minimum Gasteiger partial charge on any atom is -0.652 e. The zero-order valence-electron chi connectivity index (χ0n) is 13.1. The van der Waals surface area contributed by atoms with Gasteiger partial charge in [0.05, 0.1) is 0 Å². The third-order valence-electron chi connectivity index (χ3n) is 2.56. The van der Waals surface area contributed by atoms with E-state index in [0.717, 1.165) is 6.54 Å². The first-order valence-electron chi connectivity index (χ1n) is 6.73. The van der Waals surface area contributed by atoms with Crippen molar-refractivity contribution in [3.63, 3.8) is 0 Å². The molecule has 0 unspecified atom stereocenters. The average molecular weight is 291 g/mol. The van der Waals surface area contributed by atoms with Crippen molar-refractivity contribution in [1.82, 2.24) is 0 Å². The zero-order valence-corrected chi connectivity index (χ0v) is 17.1. The molecule has 0 aliphatic heterocycles. The molecule has 0 amide bonds. The second-order valence-corrected chi connectivity index (χ2v) is 4.22. The van der Waals surface area contributed by atoms with Crippen LogP contribution in [0.5, 0.6) is 0 Å². The fourth-order valence-corrected chi connectivity index (χ4v) is 1.63. The van der Waals surface area contributed by atoms with Crippen molar-refractivity contribution in [2.75, 3.05) is 6.54 Å². The summed E-state index contributed by atoms with van der Waals surface area (Å²) >= 11 is 0. The fraction of sp³-hybridized carbons (Fsp3) is 0.923. The summed E-state index contributed by atoms with van der Waals surface area (Å²) in [5.41, 5.74) is 5.42. The maximum atomic E-state index is 8.33. The number of carbonyl (C=O) groups is 1. The van der Waals surface area contributed by atoms with Crippen LogP contribution < -0.4 is 75.1 Å². The van der Waals surface area contributed by atoms with Crippen molar-refractivity contribution >= 4 is 6.16 Å². The van der Waals surface area contributed by atoms with Gasteiger partial charge >= 0.3 is 59.1 Å². The molecule has 0 aromatic rings. The van der Waals surface area contributed by atoms with E-state index in [2.05, 4.69) is 6.92 Å². The van der Waals surface area contributed by atoms with Gasteiger partial charge in [-0.25, -0.2) is 0 Å². The summed E-state index contributed by atoms with van der Waals surface area (Å²) in [5, 5.41) is 16.7. The summed E-state index contributed by atoms with van der Waals surface area (Å²) in [6, 6.07) is 0. The summed E-state index contributed by atoms with van der Waals surface area (Å²) in [6.07, 6.45) is 11.6. The van der Waals surface area contributed by atoms with Crippen molar-refractivity contribution in [2.45, 2.75) is 71.1 Å². The smallest absolute Gasteiger partial charge is 0.652 e. The van der Waals surface area contributed by atoms with Crippen LogP contribution >= 0.6 is 0 Å². The molecule has 0 atom stereocenters. The summed E-state index contributed by atoms with van der Waals surface area (Å²) in [7, 11) is 0. The third-order valence-corrected chi connectivity index (χ3v) is 2.56. The van der Waals surface area contributed by atoms with Crippen molar-refractivity contribution in [1.29, 1.82) is 0 Å². The maximum Gasteiger partial charge on any atom is 1.00 e. The quantitative estimate of drug-likeness (QED) is 0.324. The molecule has 104 valence electrons. The first-order valence-corrected chi connectivity index (χ1v) is 6.73. The number of rotatable bonds is 10. The van der Waals surface area contributed by atoms with Gasteiger partial charge in [0.2, 0.25) is 0 Å². The van der Waals surface area contributed by atoms with E-state index in [1.807, 2.05) is 0 Å². The van der Waals surface area contributed by atoms with Gasteiger partial charge in [0, 0.05) is 0 Å². The Balaban J connectivity index is -0.000000165. The van der Waals surface area contributed by atoms with Crippen LogP contribution in [0.2, 0.25) is 0 Å². The minimum absolute atomic E-state index is 0. The van der Waals surface area contributed by atoms with Crippen LogP contribution in [0.1, 0.15) is 71.1 Å². The van der Waals surface area contributed by atoms with Gasteiger partial charge < -0.3 is 20.7 Å². The number of hydrogen-bond acceptors (Lipinski definition) is 4. The summed E-state index contributed by atoms with van der Waals surface area (Å²) in [5.74, 6) is 0. The standard InChI is InChI=1S/C12H27N.CH2O3.2Na/c1-2-3-4-5-6-7-8-9-10-11-12-13;2-1(3)4;;/h2-13H2,1H3;(H2,2,3,4);;/q;;2*+1/p-2. The second-order valence-electron chi connectivity index (χ2n) is 4.22. The molecular formula is C13H27NNa2O3. The number of nitrogens with two attached hydrogens (primary N) is 1. The predicted octanol–water partition coefficient (Wildman–Crippen LogP) is -4.57. The van der Waals surface area contributed by atoms with Crippen LogP contribution in [0.4, 0.5) is 4.79 Å². The third kappa shape index (κ3) is 45.3. The van der Waals surface area contributed by atoms with E-state index in [1.165, 1.54) is 64.2 Å². The molecule has 0 bridgehead atoms. The minimum atomic E-state index is -2.33. The second kappa shape index (κ2) is 27.6. The molecule has 0 spiro atoms. The first-order chi connectivity index (χ1) is 8.15. The number of hydrogen-bond donors (Lipinski definition) is 1. The molecule has 0 saturated heterocycles. The summed E-state index contributed by atoms with van der Waals surface area (Å²) in [4.78, 5) is 8.33. The van der Waals surface area contributed by atoms with Crippen LogP contribution in [0.25, 0.3) is 0 Å². The first kappa shape index (κ1) is 28.4. The van der Waals surface area contributed by atoms with E-state index in [1.54, 1.807) is 0 Å². The predicted molar refractivity (Wildman–Crippen MR) is 66.3 cm³/mol. The Morgan fingerprint density at radius 1 is 0.789 bits per heavy atom. The van der Waals surface area contributed by atoms with E-state index in [0.29, 0.717) is 0 Å². The molecular weight excluding hydrogens is 264 g/mol. The van der Waals surface area contributed by atoms with E-state index >= 15 is 0 Å². The van der Waals surface area contributed by atoms with Crippen molar-refractivity contribution < 1.29 is 74.1 Å². The van der Waals surface area contributed by atoms with Crippen molar-refractivity contribution in [3.8, 4) is 0 Å². The Morgan fingerprint density at radius 2 is 1.05 bits per heavy atom. The maximum absolute atomic E-state index is 8.33. The fourth-order valence-electron chi connectivity index (χ4n) is 1.63. The Bertz CT molecular complexity index is 147. The number of carboxylic acid groups (broad SMARTS) is 2. The SMILES string of the molecule is CCCCCCCCCCCCN.O=C([O-])[O-].[Na+].[Na+]. The normalized spacial score (nSPS) is 8.53. The van der Waals surface area contributed by atoms with Crippen LogP contribution in [0.15, 0.2) is 0 Å². The van der Waals surface area contributed by atoms with Crippen LogP contribution in [0, 0.1) is 0 Å².